The molecule has 0 aromatic heterocycles. The van der Waals surface area contributed by atoms with E-state index in [0.29, 0.717) is 16.1 Å². The number of benzene rings is 1. The number of rotatable bonds is 6. The van der Waals surface area contributed by atoms with E-state index in [-0.39, 0.29) is 12.1 Å². The molecule has 0 spiro atoms. The Balaban J connectivity index is 1.97. The highest BCUT2D eigenvalue weighted by atomic mass is 35.5. The minimum atomic E-state index is -0.266. The number of aliphatic hydroxyl groups is 1. The van der Waals surface area contributed by atoms with Gasteiger partial charge in [-0.2, -0.15) is 0 Å². The second-order valence-electron chi connectivity index (χ2n) is 5.00. The lowest BCUT2D eigenvalue weighted by Crippen LogP contribution is -2.49. The molecule has 0 bridgehead atoms. The summed E-state index contributed by atoms with van der Waals surface area (Å²) in [7, 11) is 0. The topological polar surface area (TPSA) is 32.3 Å². The van der Waals surface area contributed by atoms with E-state index < -0.39 is 0 Å². The fourth-order valence-corrected chi connectivity index (χ4v) is 3.26. The molecule has 1 atom stereocenters. The SMILES string of the molecule is CC(CO)(CSc1cc(Cl)ccc1Cl)NC1CC1. The van der Waals surface area contributed by atoms with Gasteiger partial charge in [-0.1, -0.05) is 23.2 Å². The van der Waals surface area contributed by atoms with Crippen LogP contribution in [0, 0.1) is 0 Å². The first-order chi connectivity index (χ1) is 8.52. The Morgan fingerprint density at radius 2 is 2.17 bits per heavy atom. The number of nitrogens with one attached hydrogen (secondary N) is 1. The van der Waals surface area contributed by atoms with Crippen molar-refractivity contribution < 1.29 is 5.11 Å². The summed E-state index contributed by atoms with van der Waals surface area (Å²) in [5.41, 5.74) is -0.266. The molecule has 0 aliphatic heterocycles. The van der Waals surface area contributed by atoms with Crippen LogP contribution in [-0.2, 0) is 0 Å². The minimum absolute atomic E-state index is 0.120. The third-order valence-corrected chi connectivity index (χ3v) is 5.03. The Morgan fingerprint density at radius 1 is 1.44 bits per heavy atom. The molecule has 1 aromatic carbocycles. The Morgan fingerprint density at radius 3 is 2.78 bits per heavy atom. The molecule has 5 heteroatoms. The van der Waals surface area contributed by atoms with Gasteiger partial charge in [-0.15, -0.1) is 11.8 Å². The molecular weight excluding hydrogens is 289 g/mol. The van der Waals surface area contributed by atoms with Crippen molar-refractivity contribution in [3.8, 4) is 0 Å². The van der Waals surface area contributed by atoms with Gasteiger partial charge in [-0.25, -0.2) is 0 Å². The molecule has 0 heterocycles. The molecule has 1 aliphatic rings. The van der Waals surface area contributed by atoms with Crippen molar-refractivity contribution in [2.45, 2.75) is 36.2 Å². The van der Waals surface area contributed by atoms with Crippen LogP contribution in [0.4, 0.5) is 0 Å². The largest absolute Gasteiger partial charge is 0.394 e. The Labute approximate surface area is 122 Å². The monoisotopic (exact) mass is 305 g/mol. The summed E-state index contributed by atoms with van der Waals surface area (Å²) in [5.74, 6) is 0.764. The molecule has 100 valence electrons. The Bertz CT molecular complexity index is 425. The molecule has 2 N–H and O–H groups in total. The maximum absolute atomic E-state index is 9.53. The zero-order chi connectivity index (χ0) is 13.2. The van der Waals surface area contributed by atoms with E-state index in [9.17, 15) is 5.11 Å². The Kier molecular flexibility index (Phi) is 4.84. The Hall–Kier alpha value is 0.0700. The molecule has 1 saturated carbocycles. The van der Waals surface area contributed by atoms with E-state index >= 15 is 0 Å². The summed E-state index contributed by atoms with van der Waals surface area (Å²) in [4.78, 5) is 0.960. The van der Waals surface area contributed by atoms with E-state index in [1.54, 1.807) is 23.9 Å². The minimum Gasteiger partial charge on any atom is -0.394 e. The third-order valence-electron chi connectivity index (χ3n) is 2.92. The highest BCUT2D eigenvalue weighted by Crippen LogP contribution is 2.33. The number of hydrogen-bond acceptors (Lipinski definition) is 3. The molecule has 1 unspecified atom stereocenters. The normalized spacial score (nSPS) is 18.7. The van der Waals surface area contributed by atoms with Crippen molar-refractivity contribution >= 4 is 35.0 Å². The van der Waals surface area contributed by atoms with Crippen molar-refractivity contribution in [1.29, 1.82) is 0 Å². The lowest BCUT2D eigenvalue weighted by Gasteiger charge is -2.28. The smallest absolute Gasteiger partial charge is 0.0618 e. The van der Waals surface area contributed by atoms with Crippen molar-refractivity contribution in [2.75, 3.05) is 12.4 Å². The molecular formula is C13H17Cl2NOS. The average Bonchev–Trinajstić information content (AvgIpc) is 3.14. The first-order valence-electron chi connectivity index (χ1n) is 5.99. The van der Waals surface area contributed by atoms with Crippen molar-refractivity contribution in [2.24, 2.45) is 0 Å². The fourth-order valence-electron chi connectivity index (χ4n) is 1.68. The molecule has 18 heavy (non-hydrogen) atoms. The second kappa shape index (κ2) is 6.02. The number of halogens is 2. The molecule has 1 fully saturated rings. The van der Waals surface area contributed by atoms with Gasteiger partial charge in [0.2, 0.25) is 0 Å². The fraction of sp³-hybridized carbons (Fsp3) is 0.538. The predicted octanol–water partition coefficient (Wildman–Crippen LogP) is 3.59. The van der Waals surface area contributed by atoms with Crippen LogP contribution in [0.3, 0.4) is 0 Å². The van der Waals surface area contributed by atoms with Crippen molar-refractivity contribution in [1.82, 2.24) is 5.32 Å². The van der Waals surface area contributed by atoms with Crippen LogP contribution in [0.5, 0.6) is 0 Å². The van der Waals surface area contributed by atoms with Crippen LogP contribution >= 0.6 is 35.0 Å². The number of thioether (sulfide) groups is 1. The average molecular weight is 306 g/mol. The van der Waals surface area contributed by atoms with E-state index in [0.717, 1.165) is 10.6 Å². The van der Waals surface area contributed by atoms with Crippen LogP contribution in [0.25, 0.3) is 0 Å². The quantitative estimate of drug-likeness (QED) is 0.788. The van der Waals surface area contributed by atoms with Gasteiger partial charge in [0.05, 0.1) is 11.6 Å². The summed E-state index contributed by atoms with van der Waals surface area (Å²) in [5, 5.41) is 14.4. The predicted molar refractivity (Wildman–Crippen MR) is 78.8 cm³/mol. The summed E-state index contributed by atoms with van der Waals surface area (Å²) >= 11 is 13.7. The van der Waals surface area contributed by atoms with Crippen LogP contribution in [0.1, 0.15) is 19.8 Å². The van der Waals surface area contributed by atoms with Gasteiger partial charge in [0.15, 0.2) is 0 Å². The van der Waals surface area contributed by atoms with Crippen molar-refractivity contribution in [3.05, 3.63) is 28.2 Å². The van der Waals surface area contributed by atoms with Gasteiger partial charge in [0.25, 0.3) is 0 Å². The summed E-state index contributed by atoms with van der Waals surface area (Å²) < 4.78 is 0. The van der Waals surface area contributed by atoms with Gasteiger partial charge in [0, 0.05) is 27.3 Å². The van der Waals surface area contributed by atoms with E-state index in [1.165, 1.54) is 12.8 Å². The standard InChI is InChI=1S/C13H17Cl2NOS/c1-13(7-17,16-10-3-4-10)8-18-12-6-9(14)2-5-11(12)15/h2,5-6,10,16-17H,3-4,7-8H2,1H3. The van der Waals surface area contributed by atoms with Gasteiger partial charge in [-0.3, -0.25) is 0 Å². The third kappa shape index (κ3) is 4.04. The maximum Gasteiger partial charge on any atom is 0.0618 e. The zero-order valence-electron chi connectivity index (χ0n) is 10.2. The van der Waals surface area contributed by atoms with Gasteiger partial charge >= 0.3 is 0 Å². The van der Waals surface area contributed by atoms with E-state index in [1.807, 2.05) is 13.0 Å². The molecule has 2 nitrogen and oxygen atoms in total. The van der Waals surface area contributed by atoms with Gasteiger partial charge < -0.3 is 10.4 Å². The molecule has 0 saturated heterocycles. The van der Waals surface area contributed by atoms with Crippen LogP contribution < -0.4 is 5.32 Å². The summed E-state index contributed by atoms with van der Waals surface area (Å²) in [6.45, 7) is 2.16. The van der Waals surface area contributed by atoms with Gasteiger partial charge in [0.1, 0.15) is 0 Å². The van der Waals surface area contributed by atoms with Gasteiger partial charge in [-0.05, 0) is 38.0 Å². The molecule has 2 rings (SSSR count). The maximum atomic E-state index is 9.53. The van der Waals surface area contributed by atoms with Crippen LogP contribution in [0.2, 0.25) is 10.0 Å². The summed E-state index contributed by atoms with van der Waals surface area (Å²) in [6, 6.07) is 6.01. The highest BCUT2D eigenvalue weighted by Gasteiger charge is 2.32. The first-order valence-corrected chi connectivity index (χ1v) is 7.73. The van der Waals surface area contributed by atoms with Crippen LogP contribution in [-0.4, -0.2) is 29.0 Å². The number of aliphatic hydroxyl groups excluding tert-OH is 1. The lowest BCUT2D eigenvalue weighted by atomic mass is 10.1. The van der Waals surface area contributed by atoms with E-state index in [4.69, 9.17) is 23.2 Å². The zero-order valence-corrected chi connectivity index (χ0v) is 12.6. The van der Waals surface area contributed by atoms with E-state index in [2.05, 4.69) is 5.32 Å². The van der Waals surface area contributed by atoms with Crippen LogP contribution in [0.15, 0.2) is 23.1 Å². The second-order valence-corrected chi connectivity index (χ2v) is 6.86. The highest BCUT2D eigenvalue weighted by molar-refractivity contribution is 7.99. The number of hydrogen-bond donors (Lipinski definition) is 2. The summed E-state index contributed by atoms with van der Waals surface area (Å²) in [6.07, 6.45) is 2.41. The molecule has 0 amide bonds. The van der Waals surface area contributed by atoms with Crippen molar-refractivity contribution in [3.63, 3.8) is 0 Å². The lowest BCUT2D eigenvalue weighted by molar-refractivity contribution is 0.190. The first kappa shape index (κ1) is 14.5. The molecule has 1 aromatic rings. The molecule has 1 aliphatic carbocycles. The molecule has 0 radical (unpaired) electrons.